The van der Waals surface area contributed by atoms with Gasteiger partial charge in [0.1, 0.15) is 5.60 Å². The molecule has 27 heavy (non-hydrogen) atoms. The summed E-state index contributed by atoms with van der Waals surface area (Å²) < 4.78 is 10.1. The number of hydrogen-bond acceptors (Lipinski definition) is 5. The minimum Gasteiger partial charge on any atom is -0.457 e. The average Bonchev–Trinajstić information content (AvgIpc) is 2.54. The van der Waals surface area contributed by atoms with Gasteiger partial charge in [0.05, 0.1) is 18.2 Å². The Labute approximate surface area is 158 Å². The lowest BCUT2D eigenvalue weighted by atomic mass is 9.95. The highest BCUT2D eigenvalue weighted by atomic mass is 16.6. The Morgan fingerprint density at radius 1 is 1.22 bits per heavy atom. The van der Waals surface area contributed by atoms with Crippen molar-refractivity contribution >= 4 is 23.6 Å². The first-order valence-corrected chi connectivity index (χ1v) is 8.56. The number of rotatable bonds is 7. The highest BCUT2D eigenvalue weighted by Gasteiger charge is 2.29. The molecule has 8 nitrogen and oxygen atoms in total. The second kappa shape index (κ2) is 9.64. The molecule has 1 atom stereocenters. The van der Waals surface area contributed by atoms with Crippen LogP contribution >= 0.6 is 0 Å². The van der Waals surface area contributed by atoms with Crippen molar-refractivity contribution in [3.63, 3.8) is 0 Å². The first-order valence-electron chi connectivity index (χ1n) is 8.56. The Hall–Kier alpha value is -2.99. The topological polar surface area (TPSA) is 118 Å². The van der Waals surface area contributed by atoms with Crippen LogP contribution in [0.4, 0.5) is 4.79 Å². The van der Waals surface area contributed by atoms with E-state index in [0.29, 0.717) is 11.1 Å². The van der Waals surface area contributed by atoms with Crippen LogP contribution in [0.15, 0.2) is 24.3 Å². The molecule has 146 valence electrons. The SMILES string of the molecule is CCOC(=O)C(=[N+]=[N-])c1ccccc1C[C@H](NC(=O)OC(C)(C)C)C(C)=O. The molecule has 0 spiro atoms. The van der Waals surface area contributed by atoms with Gasteiger partial charge in [-0.3, -0.25) is 4.79 Å². The molecule has 0 aromatic heterocycles. The summed E-state index contributed by atoms with van der Waals surface area (Å²) in [6.07, 6.45) is -0.634. The second-order valence-corrected chi connectivity index (χ2v) is 6.84. The van der Waals surface area contributed by atoms with Crippen LogP contribution < -0.4 is 5.32 Å². The molecule has 0 saturated carbocycles. The standard InChI is InChI=1S/C19H25N3O5/c1-6-26-17(24)16(22-20)14-10-8-7-9-13(14)11-15(12(2)23)21-18(25)27-19(3,4)5/h7-10,15H,6,11H2,1-5H3,(H,21,25)/t15-/m0/s1. The number of Topliss-reactive ketones (excluding diaryl/α,β-unsaturated/α-hetero) is 1. The number of ketones is 1. The predicted molar refractivity (Wildman–Crippen MR) is 98.3 cm³/mol. The molecule has 1 rings (SSSR count). The molecule has 0 radical (unpaired) electrons. The van der Waals surface area contributed by atoms with Crippen LogP contribution in [0.5, 0.6) is 0 Å². The fourth-order valence-corrected chi connectivity index (χ4v) is 2.30. The maximum atomic E-state index is 12.0. The van der Waals surface area contributed by atoms with E-state index < -0.39 is 23.7 Å². The molecule has 1 N–H and O–H groups in total. The van der Waals surface area contributed by atoms with E-state index in [1.807, 2.05) is 0 Å². The Bertz CT molecular complexity index is 761. The van der Waals surface area contributed by atoms with Gasteiger partial charge in [-0.05, 0) is 46.2 Å². The quantitative estimate of drug-likeness (QED) is 0.339. The molecular weight excluding hydrogens is 350 g/mol. The van der Waals surface area contributed by atoms with E-state index in [4.69, 9.17) is 9.47 Å². The Kier molecular flexibility index (Phi) is 7.87. The third kappa shape index (κ3) is 7.03. The molecule has 0 aliphatic heterocycles. The summed E-state index contributed by atoms with van der Waals surface area (Å²) in [5.41, 5.74) is 9.12. The van der Waals surface area contributed by atoms with Gasteiger partial charge in [0.2, 0.25) is 0 Å². The minimum absolute atomic E-state index is 0.0865. The molecule has 0 unspecified atom stereocenters. The van der Waals surface area contributed by atoms with Crippen molar-refractivity contribution in [1.29, 1.82) is 0 Å². The number of carbonyl (C=O) groups excluding carboxylic acids is 3. The zero-order chi connectivity index (χ0) is 20.6. The van der Waals surface area contributed by atoms with E-state index in [2.05, 4.69) is 10.1 Å². The molecule has 1 aromatic rings. The molecule has 0 aliphatic carbocycles. The molecule has 0 bridgehead atoms. The lowest BCUT2D eigenvalue weighted by Gasteiger charge is -2.22. The lowest BCUT2D eigenvalue weighted by Crippen LogP contribution is -2.44. The van der Waals surface area contributed by atoms with E-state index in [-0.39, 0.29) is 24.5 Å². The van der Waals surface area contributed by atoms with Gasteiger partial charge < -0.3 is 20.3 Å². The third-order valence-electron chi connectivity index (χ3n) is 3.45. The van der Waals surface area contributed by atoms with E-state index in [9.17, 15) is 19.9 Å². The number of amides is 1. The number of benzene rings is 1. The number of nitrogens with one attached hydrogen (secondary N) is 1. The lowest BCUT2D eigenvalue weighted by molar-refractivity contribution is -0.139. The van der Waals surface area contributed by atoms with Gasteiger partial charge in [-0.1, -0.05) is 18.2 Å². The molecule has 1 aromatic carbocycles. The monoisotopic (exact) mass is 375 g/mol. The van der Waals surface area contributed by atoms with Crippen LogP contribution in [-0.4, -0.2) is 46.6 Å². The molecule has 0 aliphatic rings. The second-order valence-electron chi connectivity index (χ2n) is 6.84. The number of ether oxygens (including phenoxy) is 2. The van der Waals surface area contributed by atoms with Crippen LogP contribution in [0.2, 0.25) is 0 Å². The Morgan fingerprint density at radius 2 is 1.85 bits per heavy atom. The average molecular weight is 375 g/mol. The summed E-state index contributed by atoms with van der Waals surface area (Å²) in [5.74, 6) is -1.07. The van der Waals surface area contributed by atoms with Crippen molar-refractivity contribution in [2.45, 2.75) is 52.7 Å². The molecule has 1 amide bonds. The summed E-state index contributed by atoms with van der Waals surface area (Å²) >= 11 is 0. The van der Waals surface area contributed by atoms with Gasteiger partial charge in [-0.2, -0.15) is 4.79 Å². The van der Waals surface area contributed by atoms with Gasteiger partial charge in [0, 0.05) is 6.42 Å². The van der Waals surface area contributed by atoms with Crippen LogP contribution in [0.1, 0.15) is 45.7 Å². The first-order chi connectivity index (χ1) is 12.6. The third-order valence-corrected chi connectivity index (χ3v) is 3.45. The normalized spacial score (nSPS) is 11.7. The van der Waals surface area contributed by atoms with Crippen LogP contribution in [0.3, 0.4) is 0 Å². The molecule has 0 saturated heterocycles. The highest BCUT2D eigenvalue weighted by Crippen LogP contribution is 2.14. The van der Waals surface area contributed by atoms with E-state index in [1.165, 1.54) is 6.92 Å². The summed E-state index contributed by atoms with van der Waals surface area (Å²) in [4.78, 5) is 39.1. The first kappa shape index (κ1) is 22.1. The smallest absolute Gasteiger partial charge is 0.422 e. The largest absolute Gasteiger partial charge is 0.457 e. The maximum Gasteiger partial charge on any atom is 0.422 e. The summed E-state index contributed by atoms with van der Waals surface area (Å²) in [6.45, 7) is 8.25. The maximum absolute atomic E-state index is 12.0. The zero-order valence-electron chi connectivity index (χ0n) is 16.2. The summed E-state index contributed by atoms with van der Waals surface area (Å²) in [6, 6.07) is 5.75. The molecule has 8 heteroatoms. The van der Waals surface area contributed by atoms with Gasteiger partial charge in [0.15, 0.2) is 5.78 Å². The van der Waals surface area contributed by atoms with Gasteiger partial charge in [-0.15, -0.1) is 0 Å². The van der Waals surface area contributed by atoms with Crippen molar-refractivity contribution in [2.24, 2.45) is 0 Å². The molecular formula is C19H25N3O5. The Morgan fingerprint density at radius 3 is 2.37 bits per heavy atom. The predicted octanol–water partition coefficient (Wildman–Crippen LogP) is 2.29. The van der Waals surface area contributed by atoms with E-state index in [0.717, 1.165) is 0 Å². The van der Waals surface area contributed by atoms with E-state index >= 15 is 0 Å². The van der Waals surface area contributed by atoms with Gasteiger partial charge in [-0.25, -0.2) is 9.59 Å². The van der Waals surface area contributed by atoms with Gasteiger partial charge >= 0.3 is 17.8 Å². The summed E-state index contributed by atoms with van der Waals surface area (Å²) in [5, 5.41) is 2.53. The van der Waals surface area contributed by atoms with Gasteiger partial charge in [0.25, 0.3) is 0 Å². The fourth-order valence-electron chi connectivity index (χ4n) is 2.30. The molecule has 0 fully saturated rings. The van der Waals surface area contributed by atoms with Crippen LogP contribution in [0.25, 0.3) is 5.53 Å². The van der Waals surface area contributed by atoms with Crippen molar-refractivity contribution in [1.82, 2.24) is 5.32 Å². The van der Waals surface area contributed by atoms with Crippen LogP contribution in [0, 0.1) is 0 Å². The molecule has 0 heterocycles. The van der Waals surface area contributed by atoms with Crippen molar-refractivity contribution in [3.8, 4) is 0 Å². The van der Waals surface area contributed by atoms with Crippen molar-refractivity contribution in [3.05, 3.63) is 40.9 Å². The number of hydrogen-bond donors (Lipinski definition) is 1. The summed E-state index contributed by atoms with van der Waals surface area (Å²) in [7, 11) is 0. The number of carbonyl (C=O) groups is 3. The number of nitrogens with zero attached hydrogens (tertiary/aromatic N) is 2. The number of alkyl carbamates (subject to hydrolysis) is 1. The van der Waals surface area contributed by atoms with E-state index in [1.54, 1.807) is 52.0 Å². The Balaban J connectivity index is 3.11. The minimum atomic E-state index is -0.872. The van der Waals surface area contributed by atoms with Crippen molar-refractivity contribution in [2.75, 3.05) is 6.61 Å². The fraction of sp³-hybridized carbons (Fsp3) is 0.474. The number of esters is 1. The zero-order valence-corrected chi connectivity index (χ0v) is 16.2. The van der Waals surface area contributed by atoms with Crippen LogP contribution in [-0.2, 0) is 25.5 Å². The highest BCUT2D eigenvalue weighted by molar-refractivity contribution is 6.41. The van der Waals surface area contributed by atoms with Crippen molar-refractivity contribution < 1.29 is 28.6 Å².